The lowest BCUT2D eigenvalue weighted by molar-refractivity contribution is -0.137. The first-order valence-corrected chi connectivity index (χ1v) is 10.4. The number of pyridine rings is 1. The molecule has 0 aromatic carbocycles. The second-order valence-corrected chi connectivity index (χ2v) is 8.18. The maximum Gasteiger partial charge on any atom is 0.418 e. The van der Waals surface area contributed by atoms with E-state index in [0.29, 0.717) is 22.4 Å². The number of amides is 2. The summed E-state index contributed by atoms with van der Waals surface area (Å²) in [7, 11) is 0. The summed E-state index contributed by atoms with van der Waals surface area (Å²) in [6.45, 7) is 1.68. The number of anilines is 1. The van der Waals surface area contributed by atoms with Crippen LogP contribution in [0.5, 0.6) is 0 Å². The zero-order valence-electron chi connectivity index (χ0n) is 16.6. The van der Waals surface area contributed by atoms with Crippen molar-refractivity contribution in [3.05, 3.63) is 69.4 Å². The van der Waals surface area contributed by atoms with Gasteiger partial charge in [-0.15, -0.1) is 11.3 Å². The van der Waals surface area contributed by atoms with Gasteiger partial charge in [-0.3, -0.25) is 19.0 Å². The number of rotatable bonds is 5. The third-order valence-electron chi connectivity index (χ3n) is 4.42. The summed E-state index contributed by atoms with van der Waals surface area (Å²) in [6.07, 6.45) is 3.43. The molecule has 0 aliphatic carbocycles. The largest absolute Gasteiger partial charge is 0.418 e. The van der Waals surface area contributed by atoms with Gasteiger partial charge in [0.2, 0.25) is 0 Å². The van der Waals surface area contributed by atoms with Crippen LogP contribution in [0.1, 0.15) is 43.7 Å². The number of nitrogens with zero attached hydrogens (tertiary/aromatic N) is 5. The Morgan fingerprint density at radius 2 is 1.91 bits per heavy atom. The number of halogens is 4. The molecule has 1 atom stereocenters. The quantitative estimate of drug-likeness (QED) is 0.432. The molecule has 0 saturated heterocycles. The molecule has 4 rings (SSSR count). The normalized spacial score (nSPS) is 12.5. The molecule has 0 aliphatic heterocycles. The van der Waals surface area contributed by atoms with E-state index in [4.69, 9.17) is 11.6 Å². The molecule has 14 heteroatoms. The van der Waals surface area contributed by atoms with Gasteiger partial charge in [0.15, 0.2) is 5.65 Å². The number of alkyl halides is 3. The van der Waals surface area contributed by atoms with Crippen molar-refractivity contribution in [1.29, 1.82) is 0 Å². The molecule has 0 spiro atoms. The van der Waals surface area contributed by atoms with E-state index < -0.39 is 34.6 Å². The van der Waals surface area contributed by atoms with Crippen LogP contribution in [0.15, 0.2) is 43.2 Å². The number of hydrogen-bond acceptors (Lipinski definition) is 7. The first kappa shape index (κ1) is 22.6. The standard InChI is InChI=1S/C19H13ClF3N7O2S/c1-9(28-16(31)12-6-26-15-8-24-2-3-30(12)15)18-27-7-13(33-18)17(32)29-14-4-10(19(21,22)23)11(20)5-25-14/h2-9H,1H3,(H,28,31)(H,25,29,32)/t9-/m1/s1. The first-order chi connectivity index (χ1) is 15.6. The fraction of sp³-hybridized carbons (Fsp3) is 0.158. The van der Waals surface area contributed by atoms with Gasteiger partial charge in [0, 0.05) is 18.6 Å². The minimum atomic E-state index is -4.69. The fourth-order valence-corrected chi connectivity index (χ4v) is 3.86. The second-order valence-electron chi connectivity index (χ2n) is 6.71. The number of carbonyl (C=O) groups is 2. The van der Waals surface area contributed by atoms with Crippen LogP contribution < -0.4 is 10.6 Å². The molecular formula is C19H13ClF3N7O2S. The molecule has 4 heterocycles. The van der Waals surface area contributed by atoms with E-state index in [2.05, 4.69) is 30.6 Å². The predicted octanol–water partition coefficient (Wildman–Crippen LogP) is 4.00. The Morgan fingerprint density at radius 1 is 1.12 bits per heavy atom. The number of thiazole rings is 1. The van der Waals surface area contributed by atoms with Crippen LogP contribution in [-0.2, 0) is 6.18 Å². The molecule has 0 radical (unpaired) electrons. The molecule has 9 nitrogen and oxygen atoms in total. The van der Waals surface area contributed by atoms with Crippen LogP contribution in [0.2, 0.25) is 5.02 Å². The van der Waals surface area contributed by atoms with E-state index in [9.17, 15) is 22.8 Å². The summed E-state index contributed by atoms with van der Waals surface area (Å²) in [5.41, 5.74) is -0.310. The highest BCUT2D eigenvalue weighted by Crippen LogP contribution is 2.35. The summed E-state index contributed by atoms with van der Waals surface area (Å²) in [4.78, 5) is 41.1. The van der Waals surface area contributed by atoms with Gasteiger partial charge in [0.25, 0.3) is 11.8 Å². The monoisotopic (exact) mass is 495 g/mol. The van der Waals surface area contributed by atoms with E-state index in [1.807, 2.05) is 0 Å². The molecule has 170 valence electrons. The van der Waals surface area contributed by atoms with Gasteiger partial charge in [-0.05, 0) is 13.0 Å². The smallest absolute Gasteiger partial charge is 0.342 e. The summed E-state index contributed by atoms with van der Waals surface area (Å²) in [6, 6.07) is 0.0955. The Morgan fingerprint density at radius 3 is 2.67 bits per heavy atom. The van der Waals surface area contributed by atoms with Crippen LogP contribution in [0.25, 0.3) is 5.65 Å². The number of aromatic nitrogens is 5. The lowest BCUT2D eigenvalue weighted by Gasteiger charge is -2.11. The molecule has 0 bridgehead atoms. The molecule has 0 saturated carbocycles. The molecular weight excluding hydrogens is 483 g/mol. The number of hydrogen-bond donors (Lipinski definition) is 2. The van der Waals surface area contributed by atoms with E-state index in [0.717, 1.165) is 17.5 Å². The highest BCUT2D eigenvalue weighted by molar-refractivity contribution is 7.13. The van der Waals surface area contributed by atoms with Crippen LogP contribution >= 0.6 is 22.9 Å². The fourth-order valence-electron chi connectivity index (χ4n) is 2.84. The number of carbonyl (C=O) groups excluding carboxylic acids is 2. The highest BCUT2D eigenvalue weighted by Gasteiger charge is 2.34. The average molecular weight is 496 g/mol. The van der Waals surface area contributed by atoms with Gasteiger partial charge in [0.1, 0.15) is 21.4 Å². The van der Waals surface area contributed by atoms with Crippen LogP contribution in [0.4, 0.5) is 19.0 Å². The van der Waals surface area contributed by atoms with Gasteiger partial charge < -0.3 is 10.6 Å². The Balaban J connectivity index is 1.45. The maximum atomic E-state index is 13.0. The zero-order valence-corrected chi connectivity index (χ0v) is 18.2. The Labute approximate surface area is 192 Å². The minimum absolute atomic E-state index is 0.122. The van der Waals surface area contributed by atoms with Gasteiger partial charge in [-0.2, -0.15) is 13.2 Å². The Bertz CT molecular complexity index is 1350. The first-order valence-electron chi connectivity index (χ1n) is 9.21. The van der Waals surface area contributed by atoms with E-state index in [1.165, 1.54) is 24.8 Å². The lowest BCUT2D eigenvalue weighted by Crippen LogP contribution is -2.27. The third-order valence-corrected chi connectivity index (χ3v) is 5.90. The van der Waals surface area contributed by atoms with Crippen molar-refractivity contribution in [2.75, 3.05) is 5.32 Å². The minimum Gasteiger partial charge on any atom is -0.342 e. The van der Waals surface area contributed by atoms with Gasteiger partial charge in [-0.1, -0.05) is 11.6 Å². The van der Waals surface area contributed by atoms with Gasteiger partial charge in [-0.25, -0.2) is 15.0 Å². The van der Waals surface area contributed by atoms with E-state index >= 15 is 0 Å². The lowest BCUT2D eigenvalue weighted by atomic mass is 10.2. The predicted molar refractivity (Wildman–Crippen MR) is 113 cm³/mol. The Kier molecular flexibility index (Phi) is 5.99. The summed E-state index contributed by atoms with van der Waals surface area (Å²) >= 11 is 6.51. The van der Waals surface area contributed by atoms with Gasteiger partial charge >= 0.3 is 6.18 Å². The molecule has 0 fully saturated rings. The van der Waals surface area contributed by atoms with E-state index in [-0.39, 0.29) is 10.7 Å². The summed E-state index contributed by atoms with van der Waals surface area (Å²) < 4.78 is 40.6. The van der Waals surface area contributed by atoms with Crippen molar-refractivity contribution in [3.63, 3.8) is 0 Å². The van der Waals surface area contributed by atoms with Crippen molar-refractivity contribution in [3.8, 4) is 0 Å². The summed E-state index contributed by atoms with van der Waals surface area (Å²) in [5, 5.41) is 4.90. The van der Waals surface area contributed by atoms with Gasteiger partial charge in [0.05, 0.1) is 35.2 Å². The maximum absolute atomic E-state index is 13.0. The second kappa shape index (κ2) is 8.75. The van der Waals surface area contributed by atoms with Crippen molar-refractivity contribution in [2.24, 2.45) is 0 Å². The molecule has 0 aliphatic rings. The number of imidazole rings is 1. The molecule has 2 N–H and O–H groups in total. The molecule has 4 aromatic rings. The van der Waals surface area contributed by atoms with Crippen LogP contribution in [-0.4, -0.2) is 36.2 Å². The number of nitrogens with one attached hydrogen (secondary N) is 2. The van der Waals surface area contributed by atoms with Crippen molar-refractivity contribution < 1.29 is 22.8 Å². The van der Waals surface area contributed by atoms with Crippen molar-refractivity contribution in [2.45, 2.75) is 19.1 Å². The van der Waals surface area contributed by atoms with Crippen molar-refractivity contribution in [1.82, 2.24) is 29.7 Å². The topological polar surface area (TPSA) is 114 Å². The highest BCUT2D eigenvalue weighted by atomic mass is 35.5. The zero-order chi connectivity index (χ0) is 23.8. The average Bonchev–Trinajstić information content (AvgIpc) is 3.42. The molecule has 0 unspecified atom stereocenters. The molecule has 2 amide bonds. The van der Waals surface area contributed by atoms with Crippen LogP contribution in [0, 0.1) is 0 Å². The Hall–Kier alpha value is -3.58. The molecule has 33 heavy (non-hydrogen) atoms. The SMILES string of the molecule is C[C@@H](NC(=O)c1cnc2cnccn12)c1ncc(C(=O)Nc2cc(C(F)(F)F)c(Cl)cn2)s1. The van der Waals surface area contributed by atoms with E-state index in [1.54, 1.807) is 17.5 Å². The molecule has 4 aromatic heterocycles. The number of fused-ring (bicyclic) bond motifs is 1. The van der Waals surface area contributed by atoms with Crippen molar-refractivity contribution >= 4 is 46.2 Å². The third kappa shape index (κ3) is 4.78. The summed E-state index contributed by atoms with van der Waals surface area (Å²) in [5.74, 6) is -1.42. The van der Waals surface area contributed by atoms with Crippen LogP contribution in [0.3, 0.4) is 0 Å².